The highest BCUT2D eigenvalue weighted by molar-refractivity contribution is 5.40. The van der Waals surface area contributed by atoms with Crippen molar-refractivity contribution in [2.24, 2.45) is 0 Å². The summed E-state index contributed by atoms with van der Waals surface area (Å²) in [5, 5.41) is 8.57. The number of halogens is 1. The number of benzene rings is 1. The predicted octanol–water partition coefficient (Wildman–Crippen LogP) is 1.97. The normalized spacial score (nSPS) is 9.72. The molecular weight excluding hydrogens is 235 g/mol. The van der Waals surface area contributed by atoms with Gasteiger partial charge >= 0.3 is 0 Å². The van der Waals surface area contributed by atoms with Crippen LogP contribution in [0.4, 0.5) is 4.39 Å². The van der Waals surface area contributed by atoms with Crippen molar-refractivity contribution in [1.82, 2.24) is 0 Å². The quantitative estimate of drug-likeness (QED) is 0.621. The van der Waals surface area contributed by atoms with Crippen molar-refractivity contribution in [2.45, 2.75) is 13.3 Å². The molecule has 0 radical (unpaired) electrons. The zero-order valence-corrected chi connectivity index (χ0v) is 10.4. The molecule has 0 aliphatic carbocycles. The fraction of sp³-hybridized carbons (Fsp3) is 0.429. The van der Waals surface area contributed by atoms with Crippen LogP contribution in [0.25, 0.3) is 0 Å². The van der Waals surface area contributed by atoms with Crippen LogP contribution in [0.1, 0.15) is 18.9 Å². The molecular formula is C14H17FO3. The molecule has 0 spiro atoms. The van der Waals surface area contributed by atoms with Crippen LogP contribution in [0.15, 0.2) is 18.2 Å². The lowest BCUT2D eigenvalue weighted by Gasteiger charge is -2.07. The first kappa shape index (κ1) is 14.5. The molecule has 0 unspecified atom stereocenters. The molecule has 1 N–H and O–H groups in total. The van der Waals surface area contributed by atoms with Gasteiger partial charge in [0.1, 0.15) is 24.8 Å². The zero-order chi connectivity index (χ0) is 13.2. The van der Waals surface area contributed by atoms with Crippen LogP contribution >= 0.6 is 0 Å². The lowest BCUT2D eigenvalue weighted by Crippen LogP contribution is -2.07. The van der Waals surface area contributed by atoms with E-state index in [0.717, 1.165) is 6.42 Å². The van der Waals surface area contributed by atoms with Crippen molar-refractivity contribution < 1.29 is 19.0 Å². The third-order valence-electron chi connectivity index (χ3n) is 2.03. The first-order valence-corrected chi connectivity index (χ1v) is 5.87. The minimum Gasteiger partial charge on any atom is -0.491 e. The second-order valence-corrected chi connectivity index (χ2v) is 3.60. The van der Waals surface area contributed by atoms with Crippen LogP contribution in [0, 0.1) is 17.7 Å². The molecule has 0 heterocycles. The van der Waals surface area contributed by atoms with Crippen LogP contribution < -0.4 is 4.74 Å². The van der Waals surface area contributed by atoms with Gasteiger partial charge < -0.3 is 14.6 Å². The molecule has 0 saturated carbocycles. The van der Waals surface area contributed by atoms with Gasteiger partial charge in [-0.3, -0.25) is 0 Å². The topological polar surface area (TPSA) is 38.7 Å². The van der Waals surface area contributed by atoms with Crippen molar-refractivity contribution in [2.75, 3.05) is 26.4 Å². The van der Waals surface area contributed by atoms with Gasteiger partial charge in [0, 0.05) is 18.2 Å². The molecule has 0 aromatic heterocycles. The first-order valence-electron chi connectivity index (χ1n) is 5.87. The van der Waals surface area contributed by atoms with Gasteiger partial charge in [-0.15, -0.1) is 0 Å². The Bertz CT molecular complexity index is 421. The summed E-state index contributed by atoms with van der Waals surface area (Å²) in [5.74, 6) is 5.10. The Labute approximate surface area is 107 Å². The third kappa shape index (κ3) is 5.67. The van der Waals surface area contributed by atoms with E-state index in [1.165, 1.54) is 12.1 Å². The number of rotatable bonds is 6. The van der Waals surface area contributed by atoms with E-state index in [1.807, 2.05) is 6.92 Å². The molecule has 0 aliphatic rings. The molecule has 98 valence electrons. The molecule has 18 heavy (non-hydrogen) atoms. The monoisotopic (exact) mass is 252 g/mol. The molecule has 4 heteroatoms. The highest BCUT2D eigenvalue weighted by Crippen LogP contribution is 2.15. The van der Waals surface area contributed by atoms with Gasteiger partial charge in [0.05, 0.1) is 6.61 Å². The Morgan fingerprint density at radius 3 is 2.78 bits per heavy atom. The highest BCUT2D eigenvalue weighted by atomic mass is 19.1. The summed E-state index contributed by atoms with van der Waals surface area (Å²) in [6, 6.07) is 4.22. The highest BCUT2D eigenvalue weighted by Gasteiger charge is 2.00. The number of aliphatic hydroxyl groups excluding tert-OH is 1. The second-order valence-electron chi connectivity index (χ2n) is 3.60. The SMILES string of the molecule is CCCOCCOc1cc(F)cc(C#CCO)c1. The lowest BCUT2D eigenvalue weighted by atomic mass is 10.2. The number of hydrogen-bond donors (Lipinski definition) is 1. The maximum absolute atomic E-state index is 13.2. The van der Waals surface area contributed by atoms with Gasteiger partial charge in [0.15, 0.2) is 0 Å². The minimum absolute atomic E-state index is 0.252. The average Bonchev–Trinajstić information content (AvgIpc) is 2.35. The van der Waals surface area contributed by atoms with Crippen molar-refractivity contribution in [3.8, 4) is 17.6 Å². The van der Waals surface area contributed by atoms with Crippen LogP contribution in [-0.4, -0.2) is 31.5 Å². The number of hydrogen-bond acceptors (Lipinski definition) is 3. The smallest absolute Gasteiger partial charge is 0.128 e. The van der Waals surface area contributed by atoms with E-state index in [1.54, 1.807) is 6.07 Å². The van der Waals surface area contributed by atoms with Crippen LogP contribution in [-0.2, 0) is 4.74 Å². The first-order chi connectivity index (χ1) is 8.76. The van der Waals surface area contributed by atoms with Crippen molar-refractivity contribution in [3.05, 3.63) is 29.6 Å². The Hall–Kier alpha value is -1.57. The summed E-state index contributed by atoms with van der Waals surface area (Å²) in [6.07, 6.45) is 0.959. The summed E-state index contributed by atoms with van der Waals surface area (Å²) in [7, 11) is 0. The predicted molar refractivity (Wildman–Crippen MR) is 67.0 cm³/mol. The maximum atomic E-state index is 13.2. The van der Waals surface area contributed by atoms with Crippen LogP contribution in [0.2, 0.25) is 0 Å². The average molecular weight is 252 g/mol. The Morgan fingerprint density at radius 2 is 2.06 bits per heavy atom. The summed E-state index contributed by atoms with van der Waals surface area (Å²) < 4.78 is 23.9. The molecule has 1 aromatic carbocycles. The van der Waals surface area contributed by atoms with Crippen LogP contribution in [0.5, 0.6) is 5.75 Å². The van der Waals surface area contributed by atoms with Crippen molar-refractivity contribution in [1.29, 1.82) is 0 Å². The van der Waals surface area contributed by atoms with E-state index >= 15 is 0 Å². The van der Waals surface area contributed by atoms with E-state index in [9.17, 15) is 4.39 Å². The summed E-state index contributed by atoms with van der Waals surface area (Å²) in [4.78, 5) is 0. The molecule has 1 aromatic rings. The Kier molecular flexibility index (Phi) is 6.85. The number of ether oxygens (including phenoxy) is 2. The van der Waals surface area contributed by atoms with Crippen molar-refractivity contribution >= 4 is 0 Å². The second kappa shape index (κ2) is 8.51. The van der Waals surface area contributed by atoms with Crippen molar-refractivity contribution in [3.63, 3.8) is 0 Å². The van der Waals surface area contributed by atoms with E-state index in [-0.39, 0.29) is 6.61 Å². The third-order valence-corrected chi connectivity index (χ3v) is 2.03. The fourth-order valence-corrected chi connectivity index (χ4v) is 1.32. The van der Waals surface area contributed by atoms with Gasteiger partial charge in [0.2, 0.25) is 0 Å². The molecule has 0 aliphatic heterocycles. The summed E-state index contributed by atoms with van der Waals surface area (Å²) in [6.45, 7) is 3.31. The largest absolute Gasteiger partial charge is 0.491 e. The molecule has 0 bridgehead atoms. The Morgan fingerprint density at radius 1 is 1.22 bits per heavy atom. The fourth-order valence-electron chi connectivity index (χ4n) is 1.32. The summed E-state index contributed by atoms with van der Waals surface area (Å²) >= 11 is 0. The molecule has 0 fully saturated rings. The van der Waals surface area contributed by atoms with E-state index < -0.39 is 5.82 Å². The lowest BCUT2D eigenvalue weighted by molar-refractivity contribution is 0.100. The minimum atomic E-state index is -0.413. The number of aliphatic hydroxyl groups is 1. The van der Waals surface area contributed by atoms with E-state index in [4.69, 9.17) is 14.6 Å². The van der Waals surface area contributed by atoms with E-state index in [0.29, 0.717) is 31.1 Å². The molecule has 0 saturated heterocycles. The summed E-state index contributed by atoms with van der Waals surface area (Å²) in [5.41, 5.74) is 0.480. The van der Waals surface area contributed by atoms with Crippen LogP contribution in [0.3, 0.4) is 0 Å². The van der Waals surface area contributed by atoms with Gasteiger partial charge in [0.25, 0.3) is 0 Å². The van der Waals surface area contributed by atoms with E-state index in [2.05, 4.69) is 11.8 Å². The van der Waals surface area contributed by atoms with Gasteiger partial charge in [-0.05, 0) is 18.6 Å². The molecule has 0 amide bonds. The van der Waals surface area contributed by atoms with Gasteiger partial charge in [-0.2, -0.15) is 0 Å². The standard InChI is InChI=1S/C14H17FO3/c1-2-6-17-7-8-18-14-10-12(4-3-5-16)9-13(15)11-14/h9-11,16H,2,5-8H2,1H3. The molecule has 3 nitrogen and oxygen atoms in total. The molecule has 0 atom stereocenters. The molecule has 1 rings (SSSR count). The Balaban J connectivity index is 2.52. The van der Waals surface area contributed by atoms with Gasteiger partial charge in [-0.1, -0.05) is 18.8 Å². The van der Waals surface area contributed by atoms with Gasteiger partial charge in [-0.25, -0.2) is 4.39 Å². The maximum Gasteiger partial charge on any atom is 0.128 e. The zero-order valence-electron chi connectivity index (χ0n) is 10.4.